The smallest absolute Gasteiger partial charge is 0.0571 e. The lowest BCUT2D eigenvalue weighted by molar-refractivity contribution is 0.207. The van der Waals surface area contributed by atoms with Crippen molar-refractivity contribution in [2.75, 3.05) is 13.1 Å². The van der Waals surface area contributed by atoms with E-state index in [-0.39, 0.29) is 6.17 Å². The minimum absolute atomic E-state index is 0.284. The van der Waals surface area contributed by atoms with Crippen LogP contribution in [-0.2, 0) is 0 Å². The van der Waals surface area contributed by atoms with Crippen LogP contribution in [0.2, 0.25) is 0 Å². The van der Waals surface area contributed by atoms with Gasteiger partial charge in [0.1, 0.15) is 0 Å². The van der Waals surface area contributed by atoms with Crippen LogP contribution in [0.5, 0.6) is 0 Å². The van der Waals surface area contributed by atoms with Crippen LogP contribution in [0.4, 0.5) is 0 Å². The van der Waals surface area contributed by atoms with Gasteiger partial charge in [-0.25, -0.2) is 0 Å². The van der Waals surface area contributed by atoms with Crippen molar-refractivity contribution in [3.05, 3.63) is 0 Å². The Hall–Kier alpha value is -0.0800. The summed E-state index contributed by atoms with van der Waals surface area (Å²) in [6.07, 6.45) is 8.15. The topological polar surface area (TPSA) is 29.3 Å². The van der Waals surface area contributed by atoms with E-state index < -0.39 is 0 Å². The maximum absolute atomic E-state index is 6.08. The Morgan fingerprint density at radius 1 is 0.929 bits per heavy atom. The first-order valence-corrected chi connectivity index (χ1v) is 6.25. The summed E-state index contributed by atoms with van der Waals surface area (Å²) >= 11 is 0. The molecule has 0 saturated heterocycles. The van der Waals surface area contributed by atoms with Gasteiger partial charge in [-0.3, -0.25) is 4.90 Å². The molecule has 0 aromatic carbocycles. The Morgan fingerprint density at radius 2 is 1.50 bits per heavy atom. The summed E-state index contributed by atoms with van der Waals surface area (Å²) in [7, 11) is 0. The highest BCUT2D eigenvalue weighted by molar-refractivity contribution is 4.62. The molecule has 2 heteroatoms. The molecule has 0 rings (SSSR count). The van der Waals surface area contributed by atoms with Gasteiger partial charge in [0.2, 0.25) is 0 Å². The van der Waals surface area contributed by atoms with Gasteiger partial charge in [0.05, 0.1) is 6.17 Å². The van der Waals surface area contributed by atoms with E-state index >= 15 is 0 Å². The molecule has 0 fully saturated rings. The Balaban J connectivity index is 3.37. The van der Waals surface area contributed by atoms with E-state index in [1.807, 2.05) is 0 Å². The molecule has 86 valence electrons. The van der Waals surface area contributed by atoms with E-state index in [1.165, 1.54) is 32.1 Å². The largest absolute Gasteiger partial charge is 0.316 e. The lowest BCUT2D eigenvalue weighted by atomic mass is 10.1. The van der Waals surface area contributed by atoms with E-state index in [1.54, 1.807) is 0 Å². The molecular weight excluding hydrogens is 172 g/mol. The van der Waals surface area contributed by atoms with Gasteiger partial charge in [0.25, 0.3) is 0 Å². The molecule has 0 aliphatic carbocycles. The van der Waals surface area contributed by atoms with Crippen LogP contribution in [-0.4, -0.2) is 24.2 Å². The van der Waals surface area contributed by atoms with Crippen LogP contribution in [0, 0.1) is 0 Å². The predicted molar refractivity (Wildman–Crippen MR) is 64.3 cm³/mol. The van der Waals surface area contributed by atoms with Gasteiger partial charge in [-0.1, -0.05) is 52.9 Å². The van der Waals surface area contributed by atoms with Crippen molar-refractivity contribution < 1.29 is 0 Å². The van der Waals surface area contributed by atoms with Gasteiger partial charge in [-0.15, -0.1) is 0 Å². The molecule has 0 aliphatic rings. The molecule has 0 bridgehead atoms. The van der Waals surface area contributed by atoms with E-state index in [4.69, 9.17) is 5.73 Å². The fraction of sp³-hybridized carbons (Fsp3) is 1.00. The van der Waals surface area contributed by atoms with Gasteiger partial charge in [0, 0.05) is 0 Å². The first kappa shape index (κ1) is 13.9. The second-order valence-corrected chi connectivity index (χ2v) is 3.99. The second kappa shape index (κ2) is 9.47. The van der Waals surface area contributed by atoms with Crippen LogP contribution < -0.4 is 5.73 Å². The zero-order valence-electron chi connectivity index (χ0n) is 10.3. The van der Waals surface area contributed by atoms with E-state index in [9.17, 15) is 0 Å². The Kier molecular flexibility index (Phi) is 9.42. The normalized spacial score (nSPS) is 13.5. The SMILES string of the molecule is CCCCCCCC(N)N(CC)CC. The van der Waals surface area contributed by atoms with Gasteiger partial charge >= 0.3 is 0 Å². The number of rotatable bonds is 9. The van der Waals surface area contributed by atoms with Crippen molar-refractivity contribution in [3.63, 3.8) is 0 Å². The monoisotopic (exact) mass is 200 g/mol. The number of hydrogen-bond acceptors (Lipinski definition) is 2. The van der Waals surface area contributed by atoms with Crippen LogP contribution in [0.3, 0.4) is 0 Å². The molecule has 0 amide bonds. The van der Waals surface area contributed by atoms with E-state index in [2.05, 4.69) is 25.7 Å². The number of nitrogens with two attached hydrogens (primary N) is 1. The molecule has 14 heavy (non-hydrogen) atoms. The minimum atomic E-state index is 0.284. The molecule has 1 atom stereocenters. The summed E-state index contributed by atoms with van der Waals surface area (Å²) < 4.78 is 0. The molecule has 2 N–H and O–H groups in total. The van der Waals surface area contributed by atoms with Gasteiger partial charge < -0.3 is 5.73 Å². The summed E-state index contributed by atoms with van der Waals surface area (Å²) in [5.74, 6) is 0. The number of hydrogen-bond donors (Lipinski definition) is 1. The highest BCUT2D eigenvalue weighted by Crippen LogP contribution is 2.08. The molecule has 2 nitrogen and oxygen atoms in total. The minimum Gasteiger partial charge on any atom is -0.316 e. The molecular formula is C12H28N2. The molecule has 0 spiro atoms. The van der Waals surface area contributed by atoms with Crippen molar-refractivity contribution in [1.29, 1.82) is 0 Å². The zero-order chi connectivity index (χ0) is 10.8. The lowest BCUT2D eigenvalue weighted by Crippen LogP contribution is -2.41. The highest BCUT2D eigenvalue weighted by atomic mass is 15.2. The third-order valence-corrected chi connectivity index (χ3v) is 2.88. The molecule has 0 aliphatic heterocycles. The van der Waals surface area contributed by atoms with Crippen molar-refractivity contribution in [2.24, 2.45) is 5.73 Å². The molecule has 0 saturated carbocycles. The third-order valence-electron chi connectivity index (χ3n) is 2.88. The molecule has 0 aromatic heterocycles. The van der Waals surface area contributed by atoms with Gasteiger partial charge in [-0.2, -0.15) is 0 Å². The van der Waals surface area contributed by atoms with Gasteiger partial charge in [0.15, 0.2) is 0 Å². The van der Waals surface area contributed by atoms with E-state index in [0.29, 0.717) is 0 Å². The average Bonchev–Trinajstić information content (AvgIpc) is 2.19. The van der Waals surface area contributed by atoms with Crippen LogP contribution >= 0.6 is 0 Å². The Bertz CT molecular complexity index is 111. The summed E-state index contributed by atoms with van der Waals surface area (Å²) in [5.41, 5.74) is 6.08. The number of nitrogens with zero attached hydrogens (tertiary/aromatic N) is 1. The first-order valence-electron chi connectivity index (χ1n) is 6.25. The summed E-state index contributed by atoms with van der Waals surface area (Å²) in [6.45, 7) is 8.77. The fourth-order valence-corrected chi connectivity index (χ4v) is 1.83. The van der Waals surface area contributed by atoms with Crippen molar-refractivity contribution in [3.8, 4) is 0 Å². The van der Waals surface area contributed by atoms with Crippen LogP contribution in [0.15, 0.2) is 0 Å². The molecule has 1 unspecified atom stereocenters. The third kappa shape index (κ3) is 6.39. The zero-order valence-corrected chi connectivity index (χ0v) is 10.3. The van der Waals surface area contributed by atoms with Crippen LogP contribution in [0.1, 0.15) is 59.3 Å². The lowest BCUT2D eigenvalue weighted by Gasteiger charge is -2.25. The van der Waals surface area contributed by atoms with E-state index in [0.717, 1.165) is 19.5 Å². The quantitative estimate of drug-likeness (QED) is 0.458. The second-order valence-electron chi connectivity index (χ2n) is 3.99. The fourth-order valence-electron chi connectivity index (χ4n) is 1.83. The predicted octanol–water partition coefficient (Wildman–Crippen LogP) is 2.97. The average molecular weight is 200 g/mol. The highest BCUT2D eigenvalue weighted by Gasteiger charge is 2.08. The maximum Gasteiger partial charge on any atom is 0.0571 e. The Morgan fingerprint density at radius 3 is 2.00 bits per heavy atom. The molecule has 0 radical (unpaired) electrons. The number of unbranched alkanes of at least 4 members (excludes halogenated alkanes) is 4. The van der Waals surface area contributed by atoms with Crippen LogP contribution in [0.25, 0.3) is 0 Å². The summed E-state index contributed by atoms with van der Waals surface area (Å²) in [5, 5.41) is 0. The first-order chi connectivity index (χ1) is 6.76. The van der Waals surface area contributed by atoms with Gasteiger partial charge in [-0.05, 0) is 19.5 Å². The standard InChI is InChI=1S/C12H28N2/c1-4-7-8-9-10-11-12(13)14(5-2)6-3/h12H,4-11,13H2,1-3H3. The Labute approximate surface area is 89.9 Å². The molecule has 0 heterocycles. The van der Waals surface area contributed by atoms with Crippen molar-refractivity contribution in [2.45, 2.75) is 65.5 Å². The summed E-state index contributed by atoms with van der Waals surface area (Å²) in [4.78, 5) is 2.33. The van der Waals surface area contributed by atoms with Crippen molar-refractivity contribution >= 4 is 0 Å². The summed E-state index contributed by atoms with van der Waals surface area (Å²) in [6, 6.07) is 0. The maximum atomic E-state index is 6.08. The molecule has 0 aromatic rings. The van der Waals surface area contributed by atoms with Crippen molar-refractivity contribution in [1.82, 2.24) is 4.90 Å².